The predicted molar refractivity (Wildman–Crippen MR) is 146 cm³/mol. The number of aryl methyl sites for hydroxylation is 2. The van der Waals surface area contributed by atoms with Crippen molar-refractivity contribution in [1.29, 1.82) is 0 Å². The van der Waals surface area contributed by atoms with E-state index in [2.05, 4.69) is 0 Å². The molecule has 39 heavy (non-hydrogen) atoms. The summed E-state index contributed by atoms with van der Waals surface area (Å²) in [6.07, 6.45) is -4.66. The zero-order chi connectivity index (χ0) is 28.9. The van der Waals surface area contributed by atoms with E-state index in [0.29, 0.717) is 58.9 Å². The molecule has 0 unspecified atom stereocenters. The zero-order valence-electron chi connectivity index (χ0n) is 22.4. The van der Waals surface area contributed by atoms with Crippen LogP contribution < -0.4 is 0 Å². The van der Waals surface area contributed by atoms with Crippen molar-refractivity contribution in [2.75, 3.05) is 26.2 Å². The molecule has 2 heterocycles. The molecule has 0 aliphatic carbocycles. The van der Waals surface area contributed by atoms with E-state index < -0.39 is 23.4 Å². The summed E-state index contributed by atoms with van der Waals surface area (Å²) in [4.78, 5) is 28.9. The van der Waals surface area contributed by atoms with Gasteiger partial charge in [0.1, 0.15) is 5.60 Å². The normalized spacial score (nSPS) is 14.7. The van der Waals surface area contributed by atoms with Crippen LogP contribution in [0.15, 0.2) is 30.3 Å². The van der Waals surface area contributed by atoms with E-state index in [1.807, 2.05) is 6.07 Å². The van der Waals surface area contributed by atoms with Crippen molar-refractivity contribution < 1.29 is 27.5 Å². The number of piperazine rings is 1. The lowest BCUT2D eigenvalue weighted by Gasteiger charge is -2.35. The van der Waals surface area contributed by atoms with Gasteiger partial charge < -0.3 is 19.1 Å². The first-order valence-electron chi connectivity index (χ1n) is 12.5. The first kappa shape index (κ1) is 29.1. The van der Waals surface area contributed by atoms with E-state index in [1.165, 1.54) is 0 Å². The van der Waals surface area contributed by atoms with Crippen molar-refractivity contribution in [3.8, 4) is 0 Å². The second kappa shape index (κ2) is 10.6. The molecule has 1 fully saturated rings. The summed E-state index contributed by atoms with van der Waals surface area (Å²) in [5.41, 5.74) is 1.11. The SMILES string of the molecule is Cc1cc(C(F)(F)F)cc2c1cc(Cc1c(Cl)ccc(C(=O)N3CCN(C(=O)OC(C)(C)C)CC3)c1Cl)n2C. The highest BCUT2D eigenvalue weighted by atomic mass is 35.5. The van der Waals surface area contributed by atoms with Gasteiger partial charge in [0.05, 0.1) is 16.1 Å². The van der Waals surface area contributed by atoms with Gasteiger partial charge in [-0.05, 0) is 69.2 Å². The van der Waals surface area contributed by atoms with Crippen LogP contribution in [0.5, 0.6) is 0 Å². The van der Waals surface area contributed by atoms with E-state index in [4.69, 9.17) is 27.9 Å². The highest BCUT2D eigenvalue weighted by Gasteiger charge is 2.32. The second-order valence-electron chi connectivity index (χ2n) is 10.7. The molecule has 0 spiro atoms. The second-order valence-corrected chi connectivity index (χ2v) is 11.5. The Morgan fingerprint density at radius 3 is 2.18 bits per heavy atom. The lowest BCUT2D eigenvalue weighted by atomic mass is 10.0. The van der Waals surface area contributed by atoms with Gasteiger partial charge in [0.2, 0.25) is 0 Å². The molecule has 0 N–H and O–H groups in total. The number of carbonyl (C=O) groups is 2. The quantitative estimate of drug-likeness (QED) is 0.330. The molecule has 0 saturated carbocycles. The van der Waals surface area contributed by atoms with E-state index >= 15 is 0 Å². The maximum atomic E-state index is 13.4. The van der Waals surface area contributed by atoms with Crippen LogP contribution in [0.25, 0.3) is 10.9 Å². The minimum Gasteiger partial charge on any atom is -0.444 e. The molecule has 6 nitrogen and oxygen atoms in total. The highest BCUT2D eigenvalue weighted by Crippen LogP contribution is 2.36. The lowest BCUT2D eigenvalue weighted by Crippen LogP contribution is -2.51. The Bertz CT molecular complexity index is 1440. The fourth-order valence-corrected chi connectivity index (χ4v) is 5.28. The highest BCUT2D eigenvalue weighted by molar-refractivity contribution is 6.38. The van der Waals surface area contributed by atoms with Gasteiger partial charge in [0.15, 0.2) is 0 Å². The molecule has 1 aromatic heterocycles. The Balaban J connectivity index is 1.57. The molecule has 0 atom stereocenters. The van der Waals surface area contributed by atoms with Crippen molar-refractivity contribution in [1.82, 2.24) is 14.4 Å². The van der Waals surface area contributed by atoms with Crippen LogP contribution in [-0.2, 0) is 24.4 Å². The number of aromatic nitrogens is 1. The molecule has 2 amide bonds. The first-order chi connectivity index (χ1) is 18.1. The van der Waals surface area contributed by atoms with Crippen LogP contribution in [0.2, 0.25) is 10.0 Å². The minimum absolute atomic E-state index is 0.194. The molecule has 0 radical (unpaired) electrons. The smallest absolute Gasteiger partial charge is 0.416 e. The number of hydrogen-bond donors (Lipinski definition) is 0. The van der Waals surface area contributed by atoms with Crippen LogP contribution >= 0.6 is 23.2 Å². The summed E-state index contributed by atoms with van der Waals surface area (Å²) in [5.74, 6) is -0.288. The van der Waals surface area contributed by atoms with Gasteiger partial charge in [-0.25, -0.2) is 4.79 Å². The van der Waals surface area contributed by atoms with Crippen LogP contribution in [-0.4, -0.2) is 58.1 Å². The van der Waals surface area contributed by atoms with Crippen molar-refractivity contribution in [2.45, 2.75) is 45.9 Å². The van der Waals surface area contributed by atoms with E-state index in [0.717, 1.165) is 12.1 Å². The Kier molecular flexibility index (Phi) is 7.89. The van der Waals surface area contributed by atoms with Crippen molar-refractivity contribution in [3.63, 3.8) is 0 Å². The van der Waals surface area contributed by atoms with E-state index in [1.54, 1.807) is 61.2 Å². The van der Waals surface area contributed by atoms with Gasteiger partial charge in [-0.2, -0.15) is 13.2 Å². The number of rotatable bonds is 3. The molecule has 1 aliphatic rings. The molecular weight excluding hydrogens is 554 g/mol. The van der Waals surface area contributed by atoms with Gasteiger partial charge in [-0.15, -0.1) is 0 Å². The van der Waals surface area contributed by atoms with Gasteiger partial charge in [0.25, 0.3) is 5.91 Å². The molecule has 1 aliphatic heterocycles. The fraction of sp³-hybridized carbons (Fsp3) is 0.429. The number of alkyl halides is 3. The molecule has 0 bridgehead atoms. The van der Waals surface area contributed by atoms with Gasteiger partial charge in [-0.3, -0.25) is 4.79 Å². The third-order valence-electron chi connectivity index (χ3n) is 6.79. The Hall–Kier alpha value is -2.91. The molecule has 4 rings (SSSR count). The number of benzene rings is 2. The monoisotopic (exact) mass is 583 g/mol. The third kappa shape index (κ3) is 6.14. The van der Waals surface area contributed by atoms with Gasteiger partial charge >= 0.3 is 12.3 Å². The van der Waals surface area contributed by atoms with Gasteiger partial charge in [0, 0.05) is 61.3 Å². The topological polar surface area (TPSA) is 54.8 Å². The number of halogens is 5. The summed E-state index contributed by atoms with van der Waals surface area (Å²) in [6, 6.07) is 7.25. The number of hydrogen-bond acceptors (Lipinski definition) is 3. The maximum absolute atomic E-state index is 13.4. The molecule has 210 valence electrons. The zero-order valence-corrected chi connectivity index (χ0v) is 23.9. The van der Waals surface area contributed by atoms with Crippen LogP contribution in [0.4, 0.5) is 18.0 Å². The van der Waals surface area contributed by atoms with Crippen LogP contribution in [0.3, 0.4) is 0 Å². The summed E-state index contributed by atoms with van der Waals surface area (Å²) in [7, 11) is 1.69. The van der Waals surface area contributed by atoms with E-state index in [9.17, 15) is 22.8 Å². The average Bonchev–Trinajstić information content (AvgIpc) is 3.16. The van der Waals surface area contributed by atoms with Crippen molar-refractivity contribution in [2.24, 2.45) is 7.05 Å². The van der Waals surface area contributed by atoms with Crippen molar-refractivity contribution in [3.05, 3.63) is 68.3 Å². The Morgan fingerprint density at radius 1 is 0.974 bits per heavy atom. The Morgan fingerprint density at radius 2 is 1.59 bits per heavy atom. The van der Waals surface area contributed by atoms with E-state index in [-0.39, 0.29) is 22.9 Å². The summed E-state index contributed by atoms with van der Waals surface area (Å²) in [5, 5.41) is 1.24. The Labute approximate surface area is 235 Å². The maximum Gasteiger partial charge on any atom is 0.416 e. The number of fused-ring (bicyclic) bond motifs is 1. The lowest BCUT2D eigenvalue weighted by molar-refractivity contribution is -0.137. The minimum atomic E-state index is -4.46. The predicted octanol–water partition coefficient (Wildman–Crippen LogP) is 7.10. The third-order valence-corrected chi connectivity index (χ3v) is 7.57. The molecular formula is C28H30Cl2F3N3O3. The van der Waals surface area contributed by atoms with Crippen LogP contribution in [0.1, 0.15) is 53.5 Å². The molecule has 2 aromatic carbocycles. The van der Waals surface area contributed by atoms with Gasteiger partial charge in [-0.1, -0.05) is 23.2 Å². The molecule has 11 heteroatoms. The number of carbonyl (C=O) groups excluding carboxylic acids is 2. The first-order valence-corrected chi connectivity index (χ1v) is 13.2. The van der Waals surface area contributed by atoms with Crippen LogP contribution in [0, 0.1) is 6.92 Å². The standard InChI is InChI=1S/C28H30Cl2F3N3O3/c1-16-12-17(28(31,32)33)13-23-20(16)14-18(34(23)5)15-21-22(29)7-6-19(24(21)30)25(37)35-8-10-36(11-9-35)26(38)39-27(2,3)4/h6-7,12-14H,8-11,15H2,1-5H3. The number of ether oxygens (including phenoxy) is 1. The molecule has 3 aromatic rings. The summed E-state index contributed by atoms with van der Waals surface area (Å²) < 4.78 is 47.2. The fourth-order valence-electron chi connectivity index (χ4n) is 4.69. The number of nitrogens with zero attached hydrogens (tertiary/aromatic N) is 3. The summed E-state index contributed by atoms with van der Waals surface area (Å²) >= 11 is 13.2. The largest absolute Gasteiger partial charge is 0.444 e. The summed E-state index contributed by atoms with van der Waals surface area (Å²) in [6.45, 7) is 8.31. The number of amides is 2. The average molecular weight is 584 g/mol. The molecule has 1 saturated heterocycles. The van der Waals surface area contributed by atoms with Crippen molar-refractivity contribution >= 4 is 46.1 Å².